The number of piperidine rings is 1. The number of carbonyl (C=O) groups excluding carboxylic acids is 1. The molecule has 0 radical (unpaired) electrons. The Hall–Kier alpha value is -0.640. The third-order valence-electron chi connectivity index (χ3n) is 2.77. The van der Waals surface area contributed by atoms with Crippen LogP contribution < -0.4 is 5.73 Å². The molecule has 0 aromatic carbocycles. The van der Waals surface area contributed by atoms with Crippen LogP contribution in [0.1, 0.15) is 26.7 Å². The Labute approximate surface area is 90.6 Å². The lowest BCUT2D eigenvalue weighted by atomic mass is 9.99. The van der Waals surface area contributed by atoms with Crippen molar-refractivity contribution in [3.05, 3.63) is 0 Å². The van der Waals surface area contributed by atoms with Gasteiger partial charge >= 0.3 is 0 Å². The number of hydrogen-bond donors (Lipinski definition) is 1. The molecule has 0 aromatic rings. The van der Waals surface area contributed by atoms with E-state index < -0.39 is 0 Å². The molecule has 1 heterocycles. The van der Waals surface area contributed by atoms with Crippen molar-refractivity contribution in [1.82, 2.24) is 4.90 Å². The summed E-state index contributed by atoms with van der Waals surface area (Å²) in [5.41, 5.74) is 5.46. The molecule has 3 nitrogen and oxygen atoms in total. The van der Waals surface area contributed by atoms with Crippen LogP contribution in [0.3, 0.4) is 0 Å². The number of likely N-dealkylation sites (tertiary alicyclic amines) is 1. The van der Waals surface area contributed by atoms with Crippen molar-refractivity contribution in [2.24, 2.45) is 17.6 Å². The van der Waals surface area contributed by atoms with Crippen molar-refractivity contribution in [2.75, 3.05) is 13.1 Å². The quantitative estimate of drug-likeness (QED) is 0.702. The van der Waals surface area contributed by atoms with E-state index in [4.69, 9.17) is 18.0 Å². The molecule has 0 aromatic heterocycles. The van der Waals surface area contributed by atoms with E-state index in [2.05, 4.69) is 6.92 Å². The SMILES string of the molecule is CC1CCCN(C(=O)C(C)C(N)=S)C1. The highest BCUT2D eigenvalue weighted by Gasteiger charge is 2.25. The predicted octanol–water partition coefficient (Wildman–Crippen LogP) is 1.17. The molecule has 2 N–H and O–H groups in total. The molecule has 2 unspecified atom stereocenters. The van der Waals surface area contributed by atoms with Crippen molar-refractivity contribution >= 4 is 23.1 Å². The molecule has 0 aliphatic carbocycles. The number of hydrogen-bond acceptors (Lipinski definition) is 2. The minimum Gasteiger partial charge on any atom is -0.393 e. The lowest BCUT2D eigenvalue weighted by Gasteiger charge is -2.32. The summed E-state index contributed by atoms with van der Waals surface area (Å²) in [5.74, 6) is 0.380. The largest absolute Gasteiger partial charge is 0.393 e. The molecule has 1 fully saturated rings. The Balaban J connectivity index is 2.55. The van der Waals surface area contributed by atoms with Gasteiger partial charge in [-0.05, 0) is 25.7 Å². The van der Waals surface area contributed by atoms with Crippen LogP contribution in [-0.4, -0.2) is 28.9 Å². The topological polar surface area (TPSA) is 46.3 Å². The van der Waals surface area contributed by atoms with Crippen LogP contribution in [0.2, 0.25) is 0 Å². The van der Waals surface area contributed by atoms with Crippen molar-refractivity contribution < 1.29 is 4.79 Å². The van der Waals surface area contributed by atoms with E-state index in [1.54, 1.807) is 6.92 Å². The Morgan fingerprint density at radius 2 is 2.29 bits per heavy atom. The standard InChI is InChI=1S/C10H18N2OS/c1-7-4-3-5-12(6-7)10(13)8(2)9(11)14/h7-8H,3-6H2,1-2H3,(H2,11,14). The van der Waals surface area contributed by atoms with Gasteiger partial charge in [0.25, 0.3) is 0 Å². The molecule has 1 aliphatic rings. The predicted molar refractivity (Wildman–Crippen MR) is 60.9 cm³/mol. The number of amides is 1. The summed E-state index contributed by atoms with van der Waals surface area (Å²) in [6.07, 6.45) is 2.31. The fourth-order valence-corrected chi connectivity index (χ4v) is 1.89. The first-order chi connectivity index (χ1) is 6.52. The first kappa shape index (κ1) is 11.4. The van der Waals surface area contributed by atoms with E-state index in [0.29, 0.717) is 10.9 Å². The number of rotatable bonds is 2. The van der Waals surface area contributed by atoms with E-state index >= 15 is 0 Å². The summed E-state index contributed by atoms with van der Waals surface area (Å²) in [5, 5.41) is 0. The Morgan fingerprint density at radius 1 is 1.64 bits per heavy atom. The highest BCUT2D eigenvalue weighted by Crippen LogP contribution is 2.17. The highest BCUT2D eigenvalue weighted by molar-refractivity contribution is 7.80. The number of thiocarbonyl (C=S) groups is 1. The van der Waals surface area contributed by atoms with Crippen LogP contribution in [0.15, 0.2) is 0 Å². The molecular weight excluding hydrogens is 196 g/mol. The Bertz CT molecular complexity index is 242. The second-order valence-corrected chi connectivity index (χ2v) is 4.63. The van der Waals surface area contributed by atoms with Gasteiger partial charge in [-0.2, -0.15) is 0 Å². The minimum absolute atomic E-state index is 0.0871. The van der Waals surface area contributed by atoms with E-state index in [1.165, 1.54) is 6.42 Å². The molecule has 14 heavy (non-hydrogen) atoms. The van der Waals surface area contributed by atoms with E-state index in [0.717, 1.165) is 19.5 Å². The summed E-state index contributed by atoms with van der Waals surface area (Å²) < 4.78 is 0. The molecule has 0 bridgehead atoms. The molecule has 1 aliphatic heterocycles. The fraction of sp³-hybridized carbons (Fsp3) is 0.800. The fourth-order valence-electron chi connectivity index (χ4n) is 1.79. The second kappa shape index (κ2) is 4.73. The molecule has 4 heteroatoms. The van der Waals surface area contributed by atoms with Crippen LogP contribution in [-0.2, 0) is 4.79 Å². The van der Waals surface area contributed by atoms with Gasteiger partial charge in [-0.25, -0.2) is 0 Å². The second-order valence-electron chi connectivity index (χ2n) is 4.16. The maximum absolute atomic E-state index is 11.8. The van der Waals surface area contributed by atoms with Crippen LogP contribution >= 0.6 is 12.2 Å². The third-order valence-corrected chi connectivity index (χ3v) is 3.12. The third kappa shape index (κ3) is 2.67. The van der Waals surface area contributed by atoms with Crippen LogP contribution in [0.25, 0.3) is 0 Å². The van der Waals surface area contributed by atoms with Crippen LogP contribution in [0, 0.1) is 11.8 Å². The van der Waals surface area contributed by atoms with Crippen LogP contribution in [0.4, 0.5) is 0 Å². The lowest BCUT2D eigenvalue weighted by Crippen LogP contribution is -2.44. The van der Waals surface area contributed by atoms with Crippen molar-refractivity contribution in [3.63, 3.8) is 0 Å². The molecule has 1 saturated heterocycles. The van der Waals surface area contributed by atoms with Gasteiger partial charge in [0.1, 0.15) is 0 Å². The molecular formula is C10H18N2OS. The molecule has 0 saturated carbocycles. The zero-order valence-electron chi connectivity index (χ0n) is 8.82. The molecule has 0 spiro atoms. The summed E-state index contributed by atoms with van der Waals surface area (Å²) in [7, 11) is 0. The van der Waals surface area contributed by atoms with Gasteiger partial charge in [0.15, 0.2) is 0 Å². The Morgan fingerprint density at radius 3 is 2.79 bits per heavy atom. The average Bonchev–Trinajstić information content (AvgIpc) is 2.15. The summed E-state index contributed by atoms with van der Waals surface area (Å²) in [6.45, 7) is 5.66. The van der Waals surface area contributed by atoms with Gasteiger partial charge in [0, 0.05) is 13.1 Å². The average molecular weight is 214 g/mol. The van der Waals surface area contributed by atoms with Gasteiger partial charge in [-0.3, -0.25) is 4.79 Å². The number of nitrogens with zero attached hydrogens (tertiary/aromatic N) is 1. The van der Waals surface area contributed by atoms with Gasteiger partial charge in [0.2, 0.25) is 5.91 Å². The van der Waals surface area contributed by atoms with E-state index in [1.807, 2.05) is 4.90 Å². The van der Waals surface area contributed by atoms with Crippen LogP contribution in [0.5, 0.6) is 0 Å². The van der Waals surface area contributed by atoms with Gasteiger partial charge in [0.05, 0.1) is 10.9 Å². The van der Waals surface area contributed by atoms with E-state index in [-0.39, 0.29) is 11.8 Å². The number of carbonyl (C=O) groups is 1. The maximum Gasteiger partial charge on any atom is 0.232 e. The molecule has 80 valence electrons. The number of nitrogens with two attached hydrogens (primary N) is 1. The zero-order chi connectivity index (χ0) is 10.7. The van der Waals surface area contributed by atoms with E-state index in [9.17, 15) is 4.79 Å². The summed E-state index contributed by atoms with van der Waals surface area (Å²) in [4.78, 5) is 14.0. The molecule has 2 atom stereocenters. The van der Waals surface area contributed by atoms with Gasteiger partial charge in [-0.15, -0.1) is 0 Å². The first-order valence-electron chi connectivity index (χ1n) is 5.10. The maximum atomic E-state index is 11.8. The lowest BCUT2D eigenvalue weighted by molar-refractivity contribution is -0.134. The minimum atomic E-state index is -0.310. The highest BCUT2D eigenvalue weighted by atomic mass is 32.1. The van der Waals surface area contributed by atoms with Crippen molar-refractivity contribution in [3.8, 4) is 0 Å². The monoisotopic (exact) mass is 214 g/mol. The first-order valence-corrected chi connectivity index (χ1v) is 5.51. The zero-order valence-corrected chi connectivity index (χ0v) is 9.64. The molecule has 1 rings (SSSR count). The van der Waals surface area contributed by atoms with Gasteiger partial charge < -0.3 is 10.6 Å². The summed E-state index contributed by atoms with van der Waals surface area (Å²) >= 11 is 4.82. The van der Waals surface area contributed by atoms with Crippen molar-refractivity contribution in [2.45, 2.75) is 26.7 Å². The normalized spacial score (nSPS) is 24.4. The van der Waals surface area contributed by atoms with Crippen molar-refractivity contribution in [1.29, 1.82) is 0 Å². The van der Waals surface area contributed by atoms with Gasteiger partial charge in [-0.1, -0.05) is 19.1 Å². The molecule has 1 amide bonds. The summed E-state index contributed by atoms with van der Waals surface area (Å²) in [6, 6.07) is 0. The smallest absolute Gasteiger partial charge is 0.232 e. The Kier molecular flexibility index (Phi) is 3.86.